The van der Waals surface area contributed by atoms with Gasteiger partial charge in [-0.2, -0.15) is 0 Å². The van der Waals surface area contributed by atoms with Crippen LogP contribution in [0, 0.1) is 13.8 Å². The predicted molar refractivity (Wildman–Crippen MR) is 128 cm³/mol. The van der Waals surface area contributed by atoms with Gasteiger partial charge in [0.25, 0.3) is 11.8 Å². The molecule has 33 heavy (non-hydrogen) atoms. The highest BCUT2D eigenvalue weighted by Gasteiger charge is 2.41. The number of anilines is 1. The van der Waals surface area contributed by atoms with Gasteiger partial charge in [-0.1, -0.05) is 29.8 Å². The van der Waals surface area contributed by atoms with Crippen LogP contribution in [0.25, 0.3) is 11.1 Å². The van der Waals surface area contributed by atoms with Gasteiger partial charge in [-0.05, 0) is 49.2 Å². The van der Waals surface area contributed by atoms with Crippen molar-refractivity contribution in [3.05, 3.63) is 68.6 Å². The number of hydrogen-bond donors (Lipinski definition) is 1. The van der Waals surface area contributed by atoms with E-state index in [1.165, 1.54) is 11.3 Å². The van der Waals surface area contributed by atoms with Crippen molar-refractivity contribution < 1.29 is 14.4 Å². The molecule has 1 unspecified atom stereocenters. The Hall–Kier alpha value is -3.23. The quantitative estimate of drug-likeness (QED) is 0.601. The molecule has 1 atom stereocenters. The summed E-state index contributed by atoms with van der Waals surface area (Å²) >= 11 is 7.34. The first kappa shape index (κ1) is 21.6. The molecule has 3 heterocycles. The highest BCUT2D eigenvalue weighted by Crippen LogP contribution is 2.31. The molecular formula is C24H21ClN4O3S. The number of benzene rings is 2. The van der Waals surface area contributed by atoms with E-state index in [1.54, 1.807) is 34.1 Å². The number of halogens is 1. The zero-order valence-electron chi connectivity index (χ0n) is 18.1. The third-order valence-electron chi connectivity index (χ3n) is 6.01. The molecule has 5 rings (SSSR count). The molecule has 1 saturated heterocycles. The number of rotatable bonds is 2. The van der Waals surface area contributed by atoms with Crippen LogP contribution in [0.3, 0.4) is 0 Å². The largest absolute Gasteiger partial charge is 0.334 e. The fraction of sp³-hybridized carbons (Fsp3) is 0.250. The first-order chi connectivity index (χ1) is 15.8. The van der Waals surface area contributed by atoms with Crippen LogP contribution in [0.5, 0.6) is 0 Å². The number of thiazole rings is 1. The van der Waals surface area contributed by atoms with E-state index in [4.69, 9.17) is 11.6 Å². The molecule has 7 nitrogen and oxygen atoms in total. The van der Waals surface area contributed by atoms with Crippen LogP contribution in [0.4, 0.5) is 5.69 Å². The second-order valence-electron chi connectivity index (χ2n) is 8.17. The number of aryl methyl sites for hydroxylation is 2. The normalized spacial score (nSPS) is 17.8. The number of hydrogen-bond acceptors (Lipinski definition) is 5. The molecular weight excluding hydrogens is 460 g/mol. The zero-order valence-corrected chi connectivity index (χ0v) is 19.7. The topological polar surface area (TPSA) is 82.6 Å². The summed E-state index contributed by atoms with van der Waals surface area (Å²) in [6, 6.07) is 12.0. The Kier molecular flexibility index (Phi) is 5.42. The van der Waals surface area contributed by atoms with Gasteiger partial charge in [0.05, 0.1) is 28.5 Å². The van der Waals surface area contributed by atoms with Crippen LogP contribution < -0.4 is 5.32 Å². The first-order valence-electron chi connectivity index (χ1n) is 10.6. The number of fused-ring (bicyclic) bond motifs is 2. The Morgan fingerprint density at radius 3 is 2.52 bits per heavy atom. The zero-order chi connectivity index (χ0) is 23.3. The van der Waals surface area contributed by atoms with Crippen molar-refractivity contribution in [3.63, 3.8) is 0 Å². The minimum Gasteiger partial charge on any atom is -0.334 e. The number of aromatic nitrogens is 1. The van der Waals surface area contributed by atoms with Gasteiger partial charge in [0.2, 0.25) is 5.91 Å². The van der Waals surface area contributed by atoms with Crippen LogP contribution >= 0.6 is 22.9 Å². The molecule has 2 aromatic carbocycles. The lowest BCUT2D eigenvalue weighted by atomic mass is 10.0. The van der Waals surface area contributed by atoms with Crippen molar-refractivity contribution >= 4 is 46.3 Å². The summed E-state index contributed by atoms with van der Waals surface area (Å²) in [7, 11) is 0. The monoisotopic (exact) mass is 480 g/mol. The minimum absolute atomic E-state index is 0.144. The van der Waals surface area contributed by atoms with Gasteiger partial charge < -0.3 is 15.1 Å². The van der Waals surface area contributed by atoms with Crippen molar-refractivity contribution in [2.75, 3.05) is 25.0 Å². The van der Waals surface area contributed by atoms with E-state index in [0.29, 0.717) is 33.4 Å². The van der Waals surface area contributed by atoms with E-state index in [2.05, 4.69) is 10.3 Å². The maximum absolute atomic E-state index is 13.5. The maximum Gasteiger partial charge on any atom is 0.266 e. The fourth-order valence-corrected chi connectivity index (χ4v) is 5.34. The molecule has 0 aliphatic carbocycles. The van der Waals surface area contributed by atoms with E-state index in [0.717, 1.165) is 16.1 Å². The second-order valence-corrected chi connectivity index (χ2v) is 9.81. The molecule has 0 saturated carbocycles. The summed E-state index contributed by atoms with van der Waals surface area (Å²) in [6.07, 6.45) is 0. The number of carbonyl (C=O) groups is 3. The highest BCUT2D eigenvalue weighted by atomic mass is 35.5. The molecule has 1 fully saturated rings. The standard InChI is InChI=1S/C24H21ClN4O3S/c1-13-21(33-14(2)26-13)24(32)28-9-10-29-20(12-28)22(30)27-19-8-5-16(11-18(19)23(29)31)15-3-6-17(25)7-4-15/h3-8,11,20H,9-10,12H2,1-2H3,(H,27,30). The van der Waals surface area contributed by atoms with Crippen molar-refractivity contribution in [2.45, 2.75) is 19.9 Å². The molecule has 0 radical (unpaired) electrons. The number of nitrogens with zero attached hydrogens (tertiary/aromatic N) is 3. The molecule has 1 N–H and O–H groups in total. The lowest BCUT2D eigenvalue weighted by molar-refractivity contribution is -0.121. The van der Waals surface area contributed by atoms with E-state index < -0.39 is 6.04 Å². The van der Waals surface area contributed by atoms with E-state index in [-0.39, 0.29) is 30.8 Å². The number of nitrogens with one attached hydrogen (secondary N) is 1. The molecule has 168 valence electrons. The van der Waals surface area contributed by atoms with Gasteiger partial charge in [-0.15, -0.1) is 11.3 Å². The average molecular weight is 481 g/mol. The Bertz CT molecular complexity index is 1290. The molecule has 0 bridgehead atoms. The van der Waals surface area contributed by atoms with Crippen molar-refractivity contribution in [1.82, 2.24) is 14.8 Å². The van der Waals surface area contributed by atoms with Crippen LogP contribution in [-0.4, -0.2) is 58.2 Å². The number of amides is 3. The molecule has 3 aromatic rings. The fourth-order valence-electron chi connectivity index (χ4n) is 4.33. The maximum atomic E-state index is 13.5. The summed E-state index contributed by atoms with van der Waals surface area (Å²) in [6.45, 7) is 4.45. The van der Waals surface area contributed by atoms with E-state index in [9.17, 15) is 14.4 Å². The first-order valence-corrected chi connectivity index (χ1v) is 11.8. The summed E-state index contributed by atoms with van der Waals surface area (Å²) in [5.41, 5.74) is 3.38. The van der Waals surface area contributed by atoms with Gasteiger partial charge in [-0.3, -0.25) is 14.4 Å². The average Bonchev–Trinajstić information content (AvgIpc) is 3.11. The Labute approximate surface area is 200 Å². The third-order valence-corrected chi connectivity index (χ3v) is 7.33. The summed E-state index contributed by atoms with van der Waals surface area (Å²) in [5.74, 6) is -0.665. The Balaban J connectivity index is 1.43. The van der Waals surface area contributed by atoms with Crippen LogP contribution in [0.2, 0.25) is 5.02 Å². The van der Waals surface area contributed by atoms with Gasteiger partial charge in [-0.25, -0.2) is 4.98 Å². The SMILES string of the molecule is Cc1nc(C)c(C(=O)N2CCN3C(=O)c4cc(-c5ccc(Cl)cc5)ccc4NC(=O)C3C2)s1. The van der Waals surface area contributed by atoms with Gasteiger partial charge in [0.15, 0.2) is 0 Å². The molecule has 0 spiro atoms. The summed E-state index contributed by atoms with van der Waals surface area (Å²) in [5, 5.41) is 4.34. The predicted octanol–water partition coefficient (Wildman–Crippen LogP) is 4.00. The lowest BCUT2D eigenvalue weighted by Crippen LogP contribution is -2.59. The summed E-state index contributed by atoms with van der Waals surface area (Å²) < 4.78 is 0. The number of piperazine rings is 1. The van der Waals surface area contributed by atoms with Crippen molar-refractivity contribution in [1.29, 1.82) is 0 Å². The van der Waals surface area contributed by atoms with Gasteiger partial charge >= 0.3 is 0 Å². The number of carbonyl (C=O) groups excluding carboxylic acids is 3. The van der Waals surface area contributed by atoms with Crippen LogP contribution in [0.1, 0.15) is 30.7 Å². The van der Waals surface area contributed by atoms with Crippen molar-refractivity contribution in [2.24, 2.45) is 0 Å². The van der Waals surface area contributed by atoms with Crippen molar-refractivity contribution in [3.8, 4) is 11.1 Å². The Morgan fingerprint density at radius 2 is 1.82 bits per heavy atom. The van der Waals surface area contributed by atoms with E-state index >= 15 is 0 Å². The lowest BCUT2D eigenvalue weighted by Gasteiger charge is -2.39. The van der Waals surface area contributed by atoms with Gasteiger partial charge in [0, 0.05) is 18.1 Å². The molecule has 2 aliphatic heterocycles. The third kappa shape index (κ3) is 3.89. The smallest absolute Gasteiger partial charge is 0.266 e. The minimum atomic E-state index is -0.754. The molecule has 2 aliphatic rings. The molecule has 9 heteroatoms. The highest BCUT2D eigenvalue weighted by molar-refractivity contribution is 7.13. The second kappa shape index (κ2) is 8.28. The molecule has 1 aromatic heterocycles. The van der Waals surface area contributed by atoms with Crippen LogP contribution in [0.15, 0.2) is 42.5 Å². The van der Waals surface area contributed by atoms with E-state index in [1.807, 2.05) is 32.0 Å². The van der Waals surface area contributed by atoms with Gasteiger partial charge in [0.1, 0.15) is 10.9 Å². The summed E-state index contributed by atoms with van der Waals surface area (Å²) in [4.78, 5) is 47.7. The Morgan fingerprint density at radius 1 is 1.09 bits per heavy atom. The van der Waals surface area contributed by atoms with Crippen LogP contribution in [-0.2, 0) is 4.79 Å². The molecule has 3 amide bonds.